The SMILES string of the molecule is O=C(C[C@@H]1CCCO1)NCc1ccc(Br)cc1F. The summed E-state index contributed by atoms with van der Waals surface area (Å²) in [6.45, 7) is 0.948. The Hall–Kier alpha value is -0.940. The Balaban J connectivity index is 1.81. The Bertz CT molecular complexity index is 433. The predicted molar refractivity (Wildman–Crippen MR) is 69.5 cm³/mol. The fourth-order valence-electron chi connectivity index (χ4n) is 1.94. The second-order valence-corrected chi connectivity index (χ2v) is 5.27. The second-order valence-electron chi connectivity index (χ2n) is 4.35. The van der Waals surface area contributed by atoms with Crippen molar-refractivity contribution >= 4 is 21.8 Å². The van der Waals surface area contributed by atoms with Crippen LogP contribution in [0, 0.1) is 5.82 Å². The fraction of sp³-hybridized carbons (Fsp3) is 0.462. The summed E-state index contributed by atoms with van der Waals surface area (Å²) in [7, 11) is 0. The molecule has 0 aliphatic carbocycles. The molecule has 1 amide bonds. The number of rotatable bonds is 4. The largest absolute Gasteiger partial charge is 0.378 e. The van der Waals surface area contributed by atoms with Crippen LogP contribution in [-0.4, -0.2) is 18.6 Å². The molecule has 1 aromatic carbocycles. The first-order valence-electron chi connectivity index (χ1n) is 5.97. The molecule has 1 heterocycles. The lowest BCUT2D eigenvalue weighted by Gasteiger charge is -2.10. The molecule has 1 aliphatic heterocycles. The maximum Gasteiger partial charge on any atom is 0.222 e. The highest BCUT2D eigenvalue weighted by molar-refractivity contribution is 9.10. The molecule has 0 spiro atoms. The van der Waals surface area contributed by atoms with Crippen molar-refractivity contribution in [2.24, 2.45) is 0 Å². The van der Waals surface area contributed by atoms with Crippen LogP contribution in [-0.2, 0) is 16.1 Å². The van der Waals surface area contributed by atoms with Crippen LogP contribution >= 0.6 is 15.9 Å². The van der Waals surface area contributed by atoms with E-state index in [0.29, 0.717) is 16.5 Å². The third kappa shape index (κ3) is 3.78. The number of carbonyl (C=O) groups excluding carboxylic acids is 1. The van der Waals surface area contributed by atoms with Gasteiger partial charge in [-0.15, -0.1) is 0 Å². The van der Waals surface area contributed by atoms with Crippen molar-refractivity contribution in [1.82, 2.24) is 5.32 Å². The van der Waals surface area contributed by atoms with Crippen molar-refractivity contribution in [2.45, 2.75) is 31.9 Å². The molecule has 1 N–H and O–H groups in total. The number of amides is 1. The Morgan fingerprint density at radius 1 is 1.56 bits per heavy atom. The lowest BCUT2D eigenvalue weighted by Crippen LogP contribution is -2.27. The molecular formula is C13H15BrFNO2. The van der Waals surface area contributed by atoms with Crippen LogP contribution in [0.15, 0.2) is 22.7 Å². The van der Waals surface area contributed by atoms with E-state index < -0.39 is 0 Å². The molecule has 0 saturated carbocycles. The molecule has 1 saturated heterocycles. The topological polar surface area (TPSA) is 38.3 Å². The quantitative estimate of drug-likeness (QED) is 0.928. The van der Waals surface area contributed by atoms with Crippen molar-refractivity contribution in [3.8, 4) is 0 Å². The van der Waals surface area contributed by atoms with E-state index in [4.69, 9.17) is 4.74 Å². The van der Waals surface area contributed by atoms with Crippen LogP contribution in [0.5, 0.6) is 0 Å². The molecule has 2 rings (SSSR count). The van der Waals surface area contributed by atoms with Crippen LogP contribution in [0.25, 0.3) is 0 Å². The summed E-state index contributed by atoms with van der Waals surface area (Å²) in [5.74, 6) is -0.411. The van der Waals surface area contributed by atoms with Crippen molar-refractivity contribution in [3.05, 3.63) is 34.1 Å². The zero-order valence-electron chi connectivity index (χ0n) is 9.92. The van der Waals surface area contributed by atoms with Gasteiger partial charge in [-0.25, -0.2) is 4.39 Å². The van der Waals surface area contributed by atoms with Crippen LogP contribution in [0.4, 0.5) is 4.39 Å². The van der Waals surface area contributed by atoms with E-state index in [1.165, 1.54) is 6.07 Å². The molecule has 1 aromatic rings. The lowest BCUT2D eigenvalue weighted by molar-refractivity contribution is -0.123. The first-order valence-corrected chi connectivity index (χ1v) is 6.76. The molecule has 98 valence electrons. The number of ether oxygens (including phenoxy) is 1. The second kappa shape index (κ2) is 6.29. The van der Waals surface area contributed by atoms with Gasteiger partial charge in [-0.1, -0.05) is 22.0 Å². The summed E-state index contributed by atoms with van der Waals surface area (Å²) in [5, 5.41) is 2.71. The van der Waals surface area contributed by atoms with Gasteiger partial charge in [0.25, 0.3) is 0 Å². The smallest absolute Gasteiger partial charge is 0.222 e. The third-order valence-corrected chi connectivity index (χ3v) is 3.42. The zero-order valence-corrected chi connectivity index (χ0v) is 11.5. The number of carbonyl (C=O) groups is 1. The van der Waals surface area contributed by atoms with E-state index in [1.807, 2.05) is 0 Å². The van der Waals surface area contributed by atoms with E-state index in [2.05, 4.69) is 21.2 Å². The number of hydrogen-bond donors (Lipinski definition) is 1. The molecular weight excluding hydrogens is 301 g/mol. The summed E-state index contributed by atoms with van der Waals surface area (Å²) in [6, 6.07) is 4.80. The first kappa shape index (κ1) is 13.5. The highest BCUT2D eigenvalue weighted by Gasteiger charge is 2.18. The van der Waals surface area contributed by atoms with Gasteiger partial charge in [-0.05, 0) is 25.0 Å². The Kier molecular flexibility index (Phi) is 4.72. The van der Waals surface area contributed by atoms with Gasteiger partial charge in [-0.2, -0.15) is 0 Å². The Labute approximate surface area is 114 Å². The minimum Gasteiger partial charge on any atom is -0.378 e. The number of benzene rings is 1. The summed E-state index contributed by atoms with van der Waals surface area (Å²) in [4.78, 5) is 11.6. The minimum atomic E-state index is -0.318. The van der Waals surface area contributed by atoms with E-state index in [1.54, 1.807) is 12.1 Å². The van der Waals surface area contributed by atoms with Crippen LogP contribution in [0.1, 0.15) is 24.8 Å². The lowest BCUT2D eigenvalue weighted by atomic mass is 10.1. The number of nitrogens with one attached hydrogen (secondary N) is 1. The Morgan fingerprint density at radius 2 is 2.39 bits per heavy atom. The van der Waals surface area contributed by atoms with Gasteiger partial charge in [0.2, 0.25) is 5.91 Å². The van der Waals surface area contributed by atoms with Gasteiger partial charge in [0.05, 0.1) is 12.5 Å². The maximum absolute atomic E-state index is 13.5. The molecule has 1 atom stereocenters. The molecule has 1 aliphatic rings. The van der Waals surface area contributed by atoms with E-state index >= 15 is 0 Å². The zero-order chi connectivity index (χ0) is 13.0. The van der Waals surface area contributed by atoms with Crippen molar-refractivity contribution < 1.29 is 13.9 Å². The van der Waals surface area contributed by atoms with Crippen LogP contribution < -0.4 is 5.32 Å². The molecule has 1 fully saturated rings. The maximum atomic E-state index is 13.5. The molecule has 5 heteroatoms. The van der Waals surface area contributed by atoms with Gasteiger partial charge in [-0.3, -0.25) is 4.79 Å². The summed E-state index contributed by atoms with van der Waals surface area (Å²) in [6.07, 6.45) is 2.33. The molecule has 0 unspecified atom stereocenters. The molecule has 0 radical (unpaired) electrons. The van der Waals surface area contributed by atoms with E-state index in [0.717, 1.165) is 19.4 Å². The van der Waals surface area contributed by atoms with Crippen molar-refractivity contribution in [2.75, 3.05) is 6.61 Å². The Morgan fingerprint density at radius 3 is 3.06 bits per heavy atom. The van der Waals surface area contributed by atoms with Gasteiger partial charge < -0.3 is 10.1 Å². The fourth-order valence-corrected chi connectivity index (χ4v) is 2.28. The van der Waals surface area contributed by atoms with E-state index in [-0.39, 0.29) is 24.4 Å². The summed E-state index contributed by atoms with van der Waals surface area (Å²) >= 11 is 3.19. The molecule has 0 bridgehead atoms. The summed E-state index contributed by atoms with van der Waals surface area (Å²) < 4.78 is 19.6. The summed E-state index contributed by atoms with van der Waals surface area (Å²) in [5.41, 5.74) is 0.485. The normalized spacial score (nSPS) is 18.9. The highest BCUT2D eigenvalue weighted by atomic mass is 79.9. The molecule has 3 nitrogen and oxygen atoms in total. The highest BCUT2D eigenvalue weighted by Crippen LogP contribution is 2.16. The van der Waals surface area contributed by atoms with Gasteiger partial charge >= 0.3 is 0 Å². The first-order chi connectivity index (χ1) is 8.65. The van der Waals surface area contributed by atoms with Crippen molar-refractivity contribution in [1.29, 1.82) is 0 Å². The minimum absolute atomic E-state index is 0.0276. The molecule has 18 heavy (non-hydrogen) atoms. The monoisotopic (exact) mass is 315 g/mol. The number of halogens is 2. The average Bonchev–Trinajstić information content (AvgIpc) is 2.80. The number of hydrogen-bond acceptors (Lipinski definition) is 2. The molecule has 0 aromatic heterocycles. The van der Waals surface area contributed by atoms with Gasteiger partial charge in [0, 0.05) is 23.2 Å². The van der Waals surface area contributed by atoms with Crippen LogP contribution in [0.3, 0.4) is 0 Å². The standard InChI is InChI=1S/C13H15BrFNO2/c14-10-4-3-9(12(15)6-10)8-16-13(17)7-11-2-1-5-18-11/h3-4,6,11H,1-2,5,7-8H2,(H,16,17)/t11-/m0/s1. The van der Waals surface area contributed by atoms with Gasteiger partial charge in [0.15, 0.2) is 0 Å². The van der Waals surface area contributed by atoms with Crippen molar-refractivity contribution in [3.63, 3.8) is 0 Å². The third-order valence-electron chi connectivity index (χ3n) is 2.93. The van der Waals surface area contributed by atoms with Crippen LogP contribution in [0.2, 0.25) is 0 Å². The predicted octanol–water partition coefficient (Wildman–Crippen LogP) is 2.77. The van der Waals surface area contributed by atoms with E-state index in [9.17, 15) is 9.18 Å². The average molecular weight is 316 g/mol. The van der Waals surface area contributed by atoms with Gasteiger partial charge in [0.1, 0.15) is 5.82 Å².